The molecule has 1 fully saturated rings. The lowest BCUT2D eigenvalue weighted by Gasteiger charge is -2.27. The van der Waals surface area contributed by atoms with E-state index in [0.29, 0.717) is 5.92 Å². The Hall–Kier alpha value is -0.450. The highest BCUT2D eigenvalue weighted by atomic mass is 32.1. The largest absolute Gasteiger partial charge is 0.393 e. The number of aromatic nitrogens is 1. The van der Waals surface area contributed by atoms with E-state index in [1.54, 1.807) is 11.3 Å². The monoisotopic (exact) mass is 254 g/mol. The molecule has 1 saturated heterocycles. The molecule has 2 heterocycles. The molecule has 4 heteroatoms. The fourth-order valence-corrected chi connectivity index (χ4v) is 3.21. The van der Waals surface area contributed by atoms with Crippen molar-refractivity contribution in [1.29, 1.82) is 0 Å². The van der Waals surface area contributed by atoms with Crippen molar-refractivity contribution in [3.8, 4) is 0 Å². The van der Waals surface area contributed by atoms with Crippen LogP contribution in [0.3, 0.4) is 0 Å². The second-order valence-electron chi connectivity index (χ2n) is 5.90. The van der Waals surface area contributed by atoms with Crippen LogP contribution in [0.25, 0.3) is 0 Å². The Morgan fingerprint density at radius 3 is 2.88 bits per heavy atom. The minimum absolute atomic E-state index is 0.123. The van der Waals surface area contributed by atoms with E-state index in [1.165, 1.54) is 0 Å². The van der Waals surface area contributed by atoms with Gasteiger partial charge in [0.25, 0.3) is 0 Å². The molecule has 1 aromatic rings. The SMILES string of the molecule is CC(C)(C)c1csc(CC2CNCCC2O)n1. The zero-order valence-corrected chi connectivity index (χ0v) is 11.7. The molecule has 2 N–H and O–H groups in total. The number of nitrogens with one attached hydrogen (secondary N) is 1. The zero-order chi connectivity index (χ0) is 12.5. The van der Waals surface area contributed by atoms with Gasteiger partial charge in [0, 0.05) is 29.7 Å². The molecule has 2 rings (SSSR count). The van der Waals surface area contributed by atoms with Gasteiger partial charge >= 0.3 is 0 Å². The highest BCUT2D eigenvalue weighted by Crippen LogP contribution is 2.26. The quantitative estimate of drug-likeness (QED) is 0.848. The maximum absolute atomic E-state index is 9.93. The molecule has 0 aliphatic carbocycles. The number of aliphatic hydroxyl groups excluding tert-OH is 1. The zero-order valence-electron chi connectivity index (χ0n) is 10.9. The van der Waals surface area contributed by atoms with Gasteiger partial charge < -0.3 is 10.4 Å². The van der Waals surface area contributed by atoms with Gasteiger partial charge in [-0.15, -0.1) is 11.3 Å². The fraction of sp³-hybridized carbons (Fsp3) is 0.769. The maximum atomic E-state index is 9.93. The van der Waals surface area contributed by atoms with Gasteiger partial charge in [-0.05, 0) is 13.0 Å². The second-order valence-corrected chi connectivity index (χ2v) is 6.84. The molecule has 96 valence electrons. The van der Waals surface area contributed by atoms with Gasteiger partial charge in [-0.2, -0.15) is 0 Å². The van der Waals surface area contributed by atoms with E-state index in [1.807, 2.05) is 0 Å². The van der Waals surface area contributed by atoms with Gasteiger partial charge in [0.1, 0.15) is 0 Å². The van der Waals surface area contributed by atoms with E-state index in [4.69, 9.17) is 0 Å². The molecule has 3 nitrogen and oxygen atoms in total. The van der Waals surface area contributed by atoms with Crippen LogP contribution in [0.2, 0.25) is 0 Å². The van der Waals surface area contributed by atoms with E-state index in [-0.39, 0.29) is 11.5 Å². The molecular weight excluding hydrogens is 232 g/mol. The van der Waals surface area contributed by atoms with Crippen LogP contribution in [-0.4, -0.2) is 29.3 Å². The third kappa shape index (κ3) is 3.27. The summed E-state index contributed by atoms with van der Waals surface area (Å²) in [7, 11) is 0. The van der Waals surface area contributed by atoms with Gasteiger partial charge in [0.05, 0.1) is 16.8 Å². The lowest BCUT2D eigenvalue weighted by atomic mass is 9.92. The first-order valence-corrected chi connectivity index (χ1v) is 7.18. The van der Waals surface area contributed by atoms with Gasteiger partial charge in [0.15, 0.2) is 0 Å². The van der Waals surface area contributed by atoms with E-state index >= 15 is 0 Å². The van der Waals surface area contributed by atoms with E-state index in [9.17, 15) is 5.11 Å². The number of thiazole rings is 1. The van der Waals surface area contributed by atoms with Crippen molar-refractivity contribution in [2.45, 2.75) is 45.1 Å². The number of hydrogen-bond acceptors (Lipinski definition) is 4. The Bertz CT molecular complexity index is 370. The molecular formula is C13H22N2OS. The third-order valence-corrected chi connectivity index (χ3v) is 4.20. The smallest absolute Gasteiger partial charge is 0.0932 e. The Kier molecular flexibility index (Phi) is 3.85. The van der Waals surface area contributed by atoms with Crippen molar-refractivity contribution in [3.05, 3.63) is 16.1 Å². The molecule has 0 radical (unpaired) electrons. The summed E-state index contributed by atoms with van der Waals surface area (Å²) in [5.41, 5.74) is 1.29. The predicted molar refractivity (Wildman–Crippen MR) is 71.5 cm³/mol. The lowest BCUT2D eigenvalue weighted by molar-refractivity contribution is 0.0791. The van der Waals surface area contributed by atoms with Gasteiger partial charge in [-0.25, -0.2) is 4.98 Å². The Balaban J connectivity index is 2.01. The standard InChI is InChI=1S/C13H22N2OS/c1-13(2,3)11-8-17-12(15-11)6-9-7-14-5-4-10(9)16/h8-10,14,16H,4-7H2,1-3H3. The van der Waals surface area contributed by atoms with Crippen molar-refractivity contribution >= 4 is 11.3 Å². The van der Waals surface area contributed by atoms with Gasteiger partial charge in [-0.3, -0.25) is 0 Å². The first kappa shape index (κ1) is 13.0. The van der Waals surface area contributed by atoms with E-state index in [2.05, 4.69) is 36.5 Å². The molecule has 0 spiro atoms. The lowest BCUT2D eigenvalue weighted by Crippen LogP contribution is -2.40. The highest BCUT2D eigenvalue weighted by Gasteiger charge is 2.25. The van der Waals surface area contributed by atoms with Crippen molar-refractivity contribution in [3.63, 3.8) is 0 Å². The van der Waals surface area contributed by atoms with Crippen LogP contribution in [0.1, 0.15) is 37.9 Å². The number of hydrogen-bond donors (Lipinski definition) is 2. The summed E-state index contributed by atoms with van der Waals surface area (Å²) in [6.45, 7) is 8.39. The minimum atomic E-state index is -0.168. The molecule has 2 unspecified atom stereocenters. The summed E-state index contributed by atoms with van der Waals surface area (Å²) in [5, 5.41) is 16.6. The number of aliphatic hydroxyl groups is 1. The van der Waals surface area contributed by atoms with E-state index in [0.717, 1.165) is 36.6 Å². The summed E-state index contributed by atoms with van der Waals surface area (Å²) < 4.78 is 0. The molecule has 0 saturated carbocycles. The second kappa shape index (κ2) is 5.04. The van der Waals surface area contributed by atoms with Crippen LogP contribution in [0.5, 0.6) is 0 Å². The number of rotatable bonds is 2. The summed E-state index contributed by atoms with van der Waals surface area (Å²) in [4.78, 5) is 4.69. The summed E-state index contributed by atoms with van der Waals surface area (Å²) in [6.07, 6.45) is 1.59. The summed E-state index contributed by atoms with van der Waals surface area (Å²) in [6, 6.07) is 0. The van der Waals surface area contributed by atoms with Crippen LogP contribution in [0.4, 0.5) is 0 Å². The number of nitrogens with zero attached hydrogens (tertiary/aromatic N) is 1. The van der Waals surface area contributed by atoms with Crippen LogP contribution in [-0.2, 0) is 11.8 Å². The third-order valence-electron chi connectivity index (χ3n) is 3.32. The summed E-state index contributed by atoms with van der Waals surface area (Å²) >= 11 is 1.72. The highest BCUT2D eigenvalue weighted by molar-refractivity contribution is 7.09. The topological polar surface area (TPSA) is 45.1 Å². The van der Waals surface area contributed by atoms with Crippen molar-refractivity contribution < 1.29 is 5.11 Å². The van der Waals surface area contributed by atoms with Crippen LogP contribution < -0.4 is 5.32 Å². The molecule has 1 aliphatic heterocycles. The normalized spacial score (nSPS) is 26.1. The summed E-state index contributed by atoms with van der Waals surface area (Å²) in [5.74, 6) is 0.322. The maximum Gasteiger partial charge on any atom is 0.0932 e. The first-order chi connectivity index (χ1) is 7.97. The molecule has 0 bridgehead atoms. The molecule has 0 aromatic carbocycles. The van der Waals surface area contributed by atoms with Crippen LogP contribution in [0, 0.1) is 5.92 Å². The van der Waals surface area contributed by atoms with Crippen LogP contribution in [0.15, 0.2) is 5.38 Å². The molecule has 1 aromatic heterocycles. The average molecular weight is 254 g/mol. The molecule has 2 atom stereocenters. The van der Waals surface area contributed by atoms with Crippen LogP contribution >= 0.6 is 11.3 Å². The van der Waals surface area contributed by atoms with Crippen molar-refractivity contribution in [1.82, 2.24) is 10.3 Å². The average Bonchev–Trinajstić information content (AvgIpc) is 2.69. The Morgan fingerprint density at radius 2 is 2.29 bits per heavy atom. The molecule has 17 heavy (non-hydrogen) atoms. The molecule has 0 amide bonds. The van der Waals surface area contributed by atoms with Crippen molar-refractivity contribution in [2.75, 3.05) is 13.1 Å². The van der Waals surface area contributed by atoms with Gasteiger partial charge in [-0.1, -0.05) is 20.8 Å². The van der Waals surface area contributed by atoms with Gasteiger partial charge in [0.2, 0.25) is 0 Å². The first-order valence-electron chi connectivity index (χ1n) is 6.30. The van der Waals surface area contributed by atoms with E-state index < -0.39 is 0 Å². The Labute approximate surface area is 107 Å². The Morgan fingerprint density at radius 1 is 1.53 bits per heavy atom. The van der Waals surface area contributed by atoms with Crippen molar-refractivity contribution in [2.24, 2.45) is 5.92 Å². The number of piperidine rings is 1. The minimum Gasteiger partial charge on any atom is -0.393 e. The predicted octanol–water partition coefficient (Wildman–Crippen LogP) is 1.95. The fourth-order valence-electron chi connectivity index (χ4n) is 2.09. The molecule has 1 aliphatic rings.